The molecule has 0 atom stereocenters. The summed E-state index contributed by atoms with van der Waals surface area (Å²) in [4.78, 5) is 15.2. The molecule has 0 aliphatic heterocycles. The van der Waals surface area contributed by atoms with Crippen molar-refractivity contribution in [2.24, 2.45) is 0 Å². The number of nitro benzene ring substituents is 1. The van der Waals surface area contributed by atoms with Crippen molar-refractivity contribution in [2.45, 2.75) is 6.54 Å². The lowest BCUT2D eigenvalue weighted by atomic mass is 10.2. The maximum atomic E-state index is 11.1. The summed E-state index contributed by atoms with van der Waals surface area (Å²) in [5.41, 5.74) is 2.44. The Labute approximate surface area is 142 Å². The summed E-state index contributed by atoms with van der Waals surface area (Å²) in [6.45, 7) is 0.346. The van der Waals surface area contributed by atoms with Crippen molar-refractivity contribution < 1.29 is 4.92 Å². The Balaban J connectivity index is 1.78. The Hall–Kier alpha value is -3.24. The third kappa shape index (κ3) is 3.39. The topological polar surface area (TPSA) is 91.8 Å². The number of anilines is 1. The number of hydrogen-bond acceptors (Lipinski definition) is 6. The maximum absolute atomic E-state index is 11.1. The quantitative estimate of drug-likeness (QED) is 0.557. The summed E-state index contributed by atoms with van der Waals surface area (Å²) in [7, 11) is 0. The molecule has 2 aromatic carbocycles. The molecule has 0 radical (unpaired) electrons. The Bertz CT molecular complexity index is 916. The number of nitrogens with one attached hydrogen (secondary N) is 1. The zero-order valence-electron chi connectivity index (χ0n) is 12.5. The minimum atomic E-state index is -0.472. The van der Waals surface area contributed by atoms with Crippen molar-refractivity contribution in [3.63, 3.8) is 0 Å². The SMILES string of the molecule is N#Cc1ccc([N+](=O)[O-])c(NCc2csc(-c3ccccc3)n2)c1. The van der Waals surface area contributed by atoms with Gasteiger partial charge in [0.15, 0.2) is 0 Å². The fourth-order valence-corrected chi connectivity index (χ4v) is 3.02. The van der Waals surface area contributed by atoms with Crippen LogP contribution in [-0.4, -0.2) is 9.91 Å². The first-order valence-electron chi connectivity index (χ1n) is 7.09. The molecule has 0 aliphatic rings. The Morgan fingerprint density at radius 1 is 1.25 bits per heavy atom. The second-order valence-corrected chi connectivity index (χ2v) is 5.82. The lowest BCUT2D eigenvalue weighted by Crippen LogP contribution is -2.03. The van der Waals surface area contributed by atoms with Gasteiger partial charge in [-0.15, -0.1) is 11.3 Å². The molecule has 3 aromatic rings. The summed E-state index contributed by atoms with van der Waals surface area (Å²) in [6.07, 6.45) is 0. The van der Waals surface area contributed by atoms with E-state index in [2.05, 4.69) is 10.3 Å². The molecule has 0 bridgehead atoms. The summed E-state index contributed by atoms with van der Waals surface area (Å²) in [5.74, 6) is 0. The van der Waals surface area contributed by atoms with Gasteiger partial charge in [-0.25, -0.2) is 4.98 Å². The zero-order valence-corrected chi connectivity index (χ0v) is 13.3. The van der Waals surface area contributed by atoms with E-state index in [0.29, 0.717) is 17.8 Å². The fourth-order valence-electron chi connectivity index (χ4n) is 2.19. The smallest absolute Gasteiger partial charge is 0.292 e. The van der Waals surface area contributed by atoms with E-state index in [-0.39, 0.29) is 5.69 Å². The predicted octanol–water partition coefficient (Wildman–Crippen LogP) is 4.20. The monoisotopic (exact) mass is 336 g/mol. The van der Waals surface area contributed by atoms with E-state index in [4.69, 9.17) is 5.26 Å². The molecule has 0 saturated heterocycles. The zero-order chi connectivity index (χ0) is 16.9. The van der Waals surface area contributed by atoms with E-state index in [1.165, 1.54) is 29.5 Å². The second kappa shape index (κ2) is 6.89. The van der Waals surface area contributed by atoms with Crippen molar-refractivity contribution in [2.75, 3.05) is 5.32 Å². The minimum Gasteiger partial charge on any atom is -0.374 e. The highest BCUT2D eigenvalue weighted by Gasteiger charge is 2.14. The summed E-state index contributed by atoms with van der Waals surface area (Å²) in [6, 6.07) is 16.0. The largest absolute Gasteiger partial charge is 0.374 e. The second-order valence-electron chi connectivity index (χ2n) is 4.96. The number of nitriles is 1. The van der Waals surface area contributed by atoms with Gasteiger partial charge in [-0.05, 0) is 12.1 Å². The van der Waals surface area contributed by atoms with Gasteiger partial charge in [0.1, 0.15) is 10.7 Å². The molecule has 1 N–H and O–H groups in total. The molecule has 1 aromatic heterocycles. The van der Waals surface area contributed by atoms with Crippen LogP contribution in [0.25, 0.3) is 10.6 Å². The van der Waals surface area contributed by atoms with E-state index in [9.17, 15) is 10.1 Å². The van der Waals surface area contributed by atoms with Crippen LogP contribution in [0.15, 0.2) is 53.9 Å². The summed E-state index contributed by atoms with van der Waals surface area (Å²) >= 11 is 1.52. The first-order chi connectivity index (χ1) is 11.7. The van der Waals surface area contributed by atoms with Gasteiger partial charge in [0.2, 0.25) is 0 Å². The van der Waals surface area contributed by atoms with Gasteiger partial charge < -0.3 is 5.32 Å². The van der Waals surface area contributed by atoms with Crippen LogP contribution in [-0.2, 0) is 6.54 Å². The fraction of sp³-hybridized carbons (Fsp3) is 0.0588. The van der Waals surface area contributed by atoms with Crippen LogP contribution < -0.4 is 5.32 Å². The molecule has 0 spiro atoms. The minimum absolute atomic E-state index is 0.0625. The predicted molar refractivity (Wildman–Crippen MR) is 92.7 cm³/mol. The third-order valence-electron chi connectivity index (χ3n) is 3.35. The molecule has 0 amide bonds. The van der Waals surface area contributed by atoms with E-state index in [0.717, 1.165) is 16.3 Å². The molecule has 3 rings (SSSR count). The molecular formula is C17H12N4O2S. The standard InChI is InChI=1S/C17H12N4O2S/c18-9-12-6-7-16(21(22)23)15(8-12)19-10-14-11-24-17(20-14)13-4-2-1-3-5-13/h1-8,11,19H,10H2. The molecule has 0 unspecified atom stereocenters. The normalized spacial score (nSPS) is 10.1. The molecule has 0 fully saturated rings. The van der Waals surface area contributed by atoms with Crippen molar-refractivity contribution >= 4 is 22.7 Å². The maximum Gasteiger partial charge on any atom is 0.292 e. The molecule has 0 aliphatic carbocycles. The first kappa shape index (κ1) is 15.6. The van der Waals surface area contributed by atoms with Gasteiger partial charge in [-0.1, -0.05) is 30.3 Å². The molecule has 7 heteroatoms. The van der Waals surface area contributed by atoms with Crippen LogP contribution in [0.5, 0.6) is 0 Å². The molecular weight excluding hydrogens is 324 g/mol. The van der Waals surface area contributed by atoms with E-state index >= 15 is 0 Å². The molecule has 1 heterocycles. The molecule has 0 saturated carbocycles. The van der Waals surface area contributed by atoms with Crippen LogP contribution in [0.1, 0.15) is 11.3 Å². The number of rotatable bonds is 5. The number of aromatic nitrogens is 1. The van der Waals surface area contributed by atoms with Crippen LogP contribution >= 0.6 is 11.3 Å². The lowest BCUT2D eigenvalue weighted by Gasteiger charge is -2.05. The van der Waals surface area contributed by atoms with E-state index in [1.54, 1.807) is 0 Å². The highest BCUT2D eigenvalue weighted by atomic mass is 32.1. The Morgan fingerprint density at radius 3 is 2.75 bits per heavy atom. The van der Waals surface area contributed by atoms with Gasteiger partial charge in [0.25, 0.3) is 5.69 Å². The lowest BCUT2D eigenvalue weighted by molar-refractivity contribution is -0.384. The average Bonchev–Trinajstić information content (AvgIpc) is 3.09. The van der Waals surface area contributed by atoms with Gasteiger partial charge in [-0.2, -0.15) is 5.26 Å². The van der Waals surface area contributed by atoms with Gasteiger partial charge >= 0.3 is 0 Å². The highest BCUT2D eigenvalue weighted by molar-refractivity contribution is 7.13. The van der Waals surface area contributed by atoms with Crippen molar-refractivity contribution in [1.82, 2.24) is 4.98 Å². The van der Waals surface area contributed by atoms with Gasteiger partial charge in [0, 0.05) is 17.0 Å². The number of thiazole rings is 1. The Kier molecular flexibility index (Phi) is 4.50. The average molecular weight is 336 g/mol. The van der Waals surface area contributed by atoms with Crippen LogP contribution in [0.2, 0.25) is 0 Å². The molecule has 118 valence electrons. The van der Waals surface area contributed by atoms with Crippen LogP contribution in [0, 0.1) is 21.4 Å². The first-order valence-corrected chi connectivity index (χ1v) is 7.97. The number of nitrogens with zero attached hydrogens (tertiary/aromatic N) is 3. The van der Waals surface area contributed by atoms with Gasteiger partial charge in [-0.3, -0.25) is 10.1 Å². The van der Waals surface area contributed by atoms with Crippen LogP contribution in [0.4, 0.5) is 11.4 Å². The van der Waals surface area contributed by atoms with Crippen molar-refractivity contribution in [1.29, 1.82) is 5.26 Å². The molecule has 24 heavy (non-hydrogen) atoms. The summed E-state index contributed by atoms with van der Waals surface area (Å²) < 4.78 is 0. The number of benzene rings is 2. The molecule has 6 nitrogen and oxygen atoms in total. The summed E-state index contributed by atoms with van der Waals surface area (Å²) in [5, 5.41) is 25.8. The third-order valence-corrected chi connectivity index (χ3v) is 4.29. The van der Waals surface area contributed by atoms with E-state index in [1.807, 2.05) is 41.8 Å². The van der Waals surface area contributed by atoms with Gasteiger partial charge in [0.05, 0.1) is 28.8 Å². The highest BCUT2D eigenvalue weighted by Crippen LogP contribution is 2.27. The number of nitro groups is 1. The van der Waals surface area contributed by atoms with Crippen LogP contribution in [0.3, 0.4) is 0 Å². The number of hydrogen-bond donors (Lipinski definition) is 1. The van der Waals surface area contributed by atoms with Crippen molar-refractivity contribution in [3.8, 4) is 16.6 Å². The Morgan fingerprint density at radius 2 is 2.04 bits per heavy atom. The van der Waals surface area contributed by atoms with E-state index < -0.39 is 4.92 Å². The van der Waals surface area contributed by atoms with Crippen molar-refractivity contribution in [3.05, 3.63) is 75.3 Å².